The van der Waals surface area contributed by atoms with E-state index < -0.39 is 17.0 Å². The maximum atomic E-state index is 13.7. The van der Waals surface area contributed by atoms with Gasteiger partial charge < -0.3 is 10.6 Å². The molecule has 2 N–H and O–H groups in total. The highest BCUT2D eigenvalue weighted by atomic mass is 19.2. The molecule has 5 heteroatoms. The van der Waals surface area contributed by atoms with Crippen LogP contribution in [0.4, 0.5) is 20.2 Å². The minimum absolute atomic E-state index is 0.0622. The first-order chi connectivity index (χ1) is 8.62. The molecule has 1 aliphatic carbocycles. The Balaban J connectivity index is 2.01. The van der Waals surface area contributed by atoms with E-state index >= 15 is 0 Å². The van der Waals surface area contributed by atoms with Gasteiger partial charge in [0.1, 0.15) is 0 Å². The summed E-state index contributed by atoms with van der Waals surface area (Å²) in [5, 5.41) is 5.61. The van der Waals surface area contributed by atoms with E-state index in [1.807, 2.05) is 0 Å². The van der Waals surface area contributed by atoms with Gasteiger partial charge in [-0.15, -0.1) is 0 Å². The van der Waals surface area contributed by atoms with Gasteiger partial charge in [-0.3, -0.25) is 4.79 Å². The van der Waals surface area contributed by atoms with Crippen LogP contribution in [0.1, 0.15) is 25.7 Å². The molecule has 1 aromatic carbocycles. The number of anilines is 2. The molecular weight excluding hydrogens is 238 g/mol. The second-order valence-electron chi connectivity index (χ2n) is 5.08. The number of nitrogens with one attached hydrogen (secondary N) is 2. The number of rotatable bonds is 0. The number of halogens is 2. The van der Waals surface area contributed by atoms with Crippen LogP contribution in [0.25, 0.3) is 0 Å². The van der Waals surface area contributed by atoms with Crippen molar-refractivity contribution in [1.82, 2.24) is 0 Å². The maximum Gasteiger partial charge on any atom is 0.232 e. The molecule has 1 aliphatic heterocycles. The largest absolute Gasteiger partial charge is 0.380 e. The van der Waals surface area contributed by atoms with Crippen LogP contribution in [0.5, 0.6) is 0 Å². The van der Waals surface area contributed by atoms with Gasteiger partial charge in [-0.25, -0.2) is 8.78 Å². The van der Waals surface area contributed by atoms with Crippen molar-refractivity contribution in [2.45, 2.75) is 25.7 Å². The molecule has 1 fully saturated rings. The van der Waals surface area contributed by atoms with Gasteiger partial charge in [0.15, 0.2) is 11.6 Å². The summed E-state index contributed by atoms with van der Waals surface area (Å²) in [6.45, 7) is 0.367. The van der Waals surface area contributed by atoms with Gasteiger partial charge in [0, 0.05) is 6.54 Å². The van der Waals surface area contributed by atoms with Crippen molar-refractivity contribution < 1.29 is 13.6 Å². The number of carbonyl (C=O) groups is 1. The van der Waals surface area contributed by atoms with Crippen molar-refractivity contribution in [3.63, 3.8) is 0 Å². The minimum Gasteiger partial charge on any atom is -0.380 e. The van der Waals surface area contributed by atoms with E-state index in [0.29, 0.717) is 12.2 Å². The second-order valence-corrected chi connectivity index (χ2v) is 5.08. The molecule has 18 heavy (non-hydrogen) atoms. The van der Waals surface area contributed by atoms with Crippen molar-refractivity contribution in [3.05, 3.63) is 23.8 Å². The number of carbonyl (C=O) groups excluding carboxylic acids is 1. The fourth-order valence-corrected chi connectivity index (χ4v) is 2.88. The maximum absolute atomic E-state index is 13.7. The smallest absolute Gasteiger partial charge is 0.232 e. The van der Waals surface area contributed by atoms with E-state index in [0.717, 1.165) is 31.7 Å². The topological polar surface area (TPSA) is 41.1 Å². The van der Waals surface area contributed by atoms with E-state index in [1.54, 1.807) is 0 Å². The number of fused-ring (bicyclic) bond motifs is 1. The number of amides is 1. The summed E-state index contributed by atoms with van der Waals surface area (Å²) < 4.78 is 26.9. The van der Waals surface area contributed by atoms with Gasteiger partial charge in [-0.05, 0) is 25.0 Å². The highest BCUT2D eigenvalue weighted by Crippen LogP contribution is 2.42. The first-order valence-electron chi connectivity index (χ1n) is 6.16. The molecule has 0 atom stereocenters. The lowest BCUT2D eigenvalue weighted by Crippen LogP contribution is -2.37. The van der Waals surface area contributed by atoms with Crippen molar-refractivity contribution >= 4 is 17.3 Å². The molecule has 0 unspecified atom stereocenters. The predicted molar refractivity (Wildman–Crippen MR) is 64.4 cm³/mol. The van der Waals surface area contributed by atoms with Crippen molar-refractivity contribution in [3.8, 4) is 0 Å². The molecule has 1 spiro atoms. The molecule has 96 valence electrons. The molecular formula is C13H14F2N2O. The minimum atomic E-state index is -0.928. The lowest BCUT2D eigenvalue weighted by molar-refractivity contribution is -0.124. The highest BCUT2D eigenvalue weighted by molar-refractivity contribution is 6.00. The summed E-state index contributed by atoms with van der Waals surface area (Å²) >= 11 is 0. The Kier molecular flexibility index (Phi) is 2.50. The summed E-state index contributed by atoms with van der Waals surface area (Å²) in [6, 6.07) is 2.43. The van der Waals surface area contributed by atoms with Crippen molar-refractivity contribution in [2.24, 2.45) is 5.41 Å². The van der Waals surface area contributed by atoms with Crippen LogP contribution in [-0.2, 0) is 4.79 Å². The first kappa shape index (κ1) is 11.4. The van der Waals surface area contributed by atoms with Crippen LogP contribution < -0.4 is 10.6 Å². The van der Waals surface area contributed by atoms with Crippen LogP contribution in [0.3, 0.4) is 0 Å². The number of hydrogen-bond acceptors (Lipinski definition) is 2. The molecule has 0 aromatic heterocycles. The predicted octanol–water partition coefficient (Wildman–Crippen LogP) is 2.89. The zero-order valence-electron chi connectivity index (χ0n) is 9.85. The Bertz CT molecular complexity index is 510. The SMILES string of the molecule is O=C1Nc2ccc(F)c(F)c2NCC12CCCC2. The first-order valence-corrected chi connectivity index (χ1v) is 6.16. The standard InChI is InChI=1S/C13H14F2N2O/c14-8-3-4-9-11(10(8)15)16-7-13(12(18)17-9)5-1-2-6-13/h3-4,16H,1-2,5-7H2,(H,17,18). The molecule has 0 saturated heterocycles. The fraction of sp³-hybridized carbons (Fsp3) is 0.462. The molecule has 1 amide bonds. The van der Waals surface area contributed by atoms with Crippen LogP contribution in [0.2, 0.25) is 0 Å². The Labute approximate surface area is 104 Å². The van der Waals surface area contributed by atoms with Gasteiger partial charge in [0.2, 0.25) is 5.91 Å². The number of hydrogen-bond donors (Lipinski definition) is 2. The van der Waals surface area contributed by atoms with Crippen LogP contribution in [0.15, 0.2) is 12.1 Å². The van der Waals surface area contributed by atoms with Crippen molar-refractivity contribution in [1.29, 1.82) is 0 Å². The number of benzene rings is 1. The molecule has 3 rings (SSSR count). The van der Waals surface area contributed by atoms with Crippen molar-refractivity contribution in [2.75, 3.05) is 17.2 Å². The summed E-state index contributed by atoms with van der Waals surface area (Å²) in [4.78, 5) is 12.2. The summed E-state index contributed by atoms with van der Waals surface area (Å²) in [5.74, 6) is -1.92. The lowest BCUT2D eigenvalue weighted by Gasteiger charge is -2.24. The summed E-state index contributed by atoms with van der Waals surface area (Å²) in [7, 11) is 0. The Morgan fingerprint density at radius 2 is 1.89 bits per heavy atom. The Hall–Kier alpha value is -1.65. The van der Waals surface area contributed by atoms with E-state index in [2.05, 4.69) is 10.6 Å². The zero-order valence-corrected chi connectivity index (χ0v) is 9.85. The van der Waals surface area contributed by atoms with E-state index in [1.165, 1.54) is 6.07 Å². The van der Waals surface area contributed by atoms with Crippen LogP contribution in [0, 0.1) is 17.0 Å². The lowest BCUT2D eigenvalue weighted by atomic mass is 9.85. The third-order valence-corrected chi connectivity index (χ3v) is 3.99. The van der Waals surface area contributed by atoms with Gasteiger partial charge in [-0.1, -0.05) is 12.8 Å². The quantitative estimate of drug-likeness (QED) is 0.745. The second kappa shape index (κ2) is 3.93. The van der Waals surface area contributed by atoms with E-state index in [-0.39, 0.29) is 11.6 Å². The fourth-order valence-electron chi connectivity index (χ4n) is 2.88. The average Bonchev–Trinajstić information content (AvgIpc) is 2.77. The van der Waals surface area contributed by atoms with E-state index in [4.69, 9.17) is 0 Å². The Morgan fingerprint density at radius 3 is 2.61 bits per heavy atom. The van der Waals surface area contributed by atoms with Gasteiger partial charge in [-0.2, -0.15) is 0 Å². The molecule has 1 aromatic rings. The van der Waals surface area contributed by atoms with Gasteiger partial charge >= 0.3 is 0 Å². The third kappa shape index (κ3) is 1.57. The summed E-state index contributed by atoms with van der Waals surface area (Å²) in [6.07, 6.45) is 3.60. The molecule has 3 nitrogen and oxygen atoms in total. The van der Waals surface area contributed by atoms with E-state index in [9.17, 15) is 13.6 Å². The Morgan fingerprint density at radius 1 is 1.17 bits per heavy atom. The molecule has 2 aliphatic rings. The molecule has 0 bridgehead atoms. The molecule has 1 saturated carbocycles. The highest BCUT2D eigenvalue weighted by Gasteiger charge is 2.43. The van der Waals surface area contributed by atoms with Gasteiger partial charge in [0.05, 0.1) is 16.8 Å². The molecule has 1 heterocycles. The molecule has 0 radical (unpaired) electrons. The normalized spacial score (nSPS) is 21.1. The van der Waals surface area contributed by atoms with Crippen LogP contribution >= 0.6 is 0 Å². The average molecular weight is 252 g/mol. The van der Waals surface area contributed by atoms with Crippen LogP contribution in [-0.4, -0.2) is 12.5 Å². The third-order valence-electron chi connectivity index (χ3n) is 3.99. The summed E-state index contributed by atoms with van der Waals surface area (Å²) in [5.41, 5.74) is -0.0862. The monoisotopic (exact) mass is 252 g/mol. The zero-order chi connectivity index (χ0) is 12.8. The van der Waals surface area contributed by atoms with Gasteiger partial charge in [0.25, 0.3) is 0 Å².